The zero-order valence-electron chi connectivity index (χ0n) is 16.8. The Morgan fingerprint density at radius 2 is 0.917 bits per heavy atom. The quantitative estimate of drug-likeness (QED) is 0.208. The second kappa shape index (κ2) is 8.89. The van der Waals surface area contributed by atoms with E-state index in [4.69, 9.17) is 0 Å². The molecule has 0 spiro atoms. The summed E-state index contributed by atoms with van der Waals surface area (Å²) in [7, 11) is 0. The molecule has 0 fully saturated rings. The van der Waals surface area contributed by atoms with Crippen LogP contribution in [-0.2, 0) is 5.60 Å². The number of benzene rings is 1. The molecule has 0 bridgehead atoms. The largest absolute Gasteiger partial charge is 0.460 e. The smallest absolute Gasteiger partial charge is 0.385 e. The molecule has 210 valence electrons. The van der Waals surface area contributed by atoms with Gasteiger partial charge >= 0.3 is 47.6 Å². The molecule has 0 aliphatic heterocycles. The van der Waals surface area contributed by atoms with Crippen molar-refractivity contribution in [3.63, 3.8) is 0 Å². The molecule has 0 saturated carbocycles. The Morgan fingerprint density at radius 1 is 0.583 bits per heavy atom. The molecule has 0 aromatic heterocycles. The summed E-state index contributed by atoms with van der Waals surface area (Å²) in [6.45, 7) is 0.261. The molecule has 1 atom stereocenters. The van der Waals surface area contributed by atoms with Gasteiger partial charge in [0.15, 0.2) is 0 Å². The maximum Gasteiger partial charge on any atom is 0.460 e. The fraction of sp³-hybridized carbons (Fsp3) is 0.647. The third kappa shape index (κ3) is 4.59. The van der Waals surface area contributed by atoms with Crippen molar-refractivity contribution in [2.75, 3.05) is 0 Å². The molecule has 0 heterocycles. The van der Waals surface area contributed by atoms with E-state index in [1.807, 2.05) is 0 Å². The fourth-order valence-corrected chi connectivity index (χ4v) is 3.70. The monoisotopic (exact) mass is 680 g/mol. The van der Waals surface area contributed by atoms with Crippen molar-refractivity contribution in [3.8, 4) is 0 Å². The Hall–Kier alpha value is -1.28. The Morgan fingerprint density at radius 3 is 1.28 bits per heavy atom. The van der Waals surface area contributed by atoms with E-state index >= 15 is 0 Å². The van der Waals surface area contributed by atoms with Gasteiger partial charge in [0.25, 0.3) is 0 Å². The number of hydrogen-bond donors (Lipinski definition) is 1. The van der Waals surface area contributed by atoms with Gasteiger partial charge in [-0.3, -0.25) is 0 Å². The lowest BCUT2D eigenvalue weighted by Crippen LogP contribution is -2.74. The number of halogens is 18. The van der Waals surface area contributed by atoms with Crippen LogP contribution in [0, 0.1) is 3.57 Å². The van der Waals surface area contributed by atoms with Crippen LogP contribution in [0.2, 0.25) is 0 Å². The van der Waals surface area contributed by atoms with Gasteiger partial charge in [0.1, 0.15) is 0 Å². The molecule has 1 rings (SSSR count). The summed E-state index contributed by atoms with van der Waals surface area (Å²) < 4.78 is 226. The topological polar surface area (TPSA) is 20.2 Å². The van der Waals surface area contributed by atoms with Gasteiger partial charge in [0, 0.05) is 3.57 Å². The highest BCUT2D eigenvalue weighted by molar-refractivity contribution is 14.1. The molecular weight excluding hydrogens is 670 g/mol. The predicted octanol–water partition coefficient (Wildman–Crippen LogP) is 7.90. The Kier molecular flexibility index (Phi) is 8.09. The van der Waals surface area contributed by atoms with Crippen LogP contribution in [0.25, 0.3) is 0 Å². The fourth-order valence-electron chi connectivity index (χ4n) is 2.73. The third-order valence-electron chi connectivity index (χ3n) is 4.81. The molecular formula is C17H10F17IO. The van der Waals surface area contributed by atoms with Crippen molar-refractivity contribution in [2.24, 2.45) is 0 Å². The molecule has 1 N–H and O–H groups in total. The molecule has 19 heteroatoms. The molecule has 0 aliphatic rings. The number of aliphatic hydroxyl groups is 1. The molecule has 0 saturated heterocycles. The van der Waals surface area contributed by atoms with Gasteiger partial charge in [-0.25, -0.2) is 0 Å². The van der Waals surface area contributed by atoms with Crippen molar-refractivity contribution in [1.29, 1.82) is 0 Å². The van der Waals surface area contributed by atoms with Crippen molar-refractivity contribution >= 4 is 22.6 Å². The normalized spacial score (nSPS) is 17.2. The van der Waals surface area contributed by atoms with Crippen LogP contribution in [-0.4, -0.2) is 52.7 Å². The average molecular weight is 680 g/mol. The maximum absolute atomic E-state index is 14.2. The summed E-state index contributed by atoms with van der Waals surface area (Å²) in [5, 5.41) is 10.1. The van der Waals surface area contributed by atoms with Gasteiger partial charge in [0.05, 0.1) is 12.0 Å². The van der Waals surface area contributed by atoms with Gasteiger partial charge in [-0.15, -0.1) is 0 Å². The number of hydrogen-bond acceptors (Lipinski definition) is 1. The summed E-state index contributed by atoms with van der Waals surface area (Å²) in [5.41, 5.74) is -4.02. The molecule has 36 heavy (non-hydrogen) atoms. The van der Waals surface area contributed by atoms with Gasteiger partial charge in [-0.1, -0.05) is 18.2 Å². The minimum Gasteiger partial charge on any atom is -0.385 e. The molecule has 1 nitrogen and oxygen atoms in total. The standard InChI is InChI=1S/C17H10F17IO/c1-9(36,7-4-2-3-5-8(7)35)6-10(18,19)11(20,21)12(22,23)13(24,25)14(26,27)15(28,29)16(30,31)17(32,33)34/h2-5,36H,6H2,1H3. The van der Waals surface area contributed by atoms with Gasteiger partial charge in [-0.05, 0) is 41.1 Å². The van der Waals surface area contributed by atoms with Gasteiger partial charge in [0.2, 0.25) is 0 Å². The first-order valence-corrected chi connectivity index (χ1v) is 9.74. The number of alkyl halides is 17. The van der Waals surface area contributed by atoms with E-state index in [2.05, 4.69) is 0 Å². The second-order valence-electron chi connectivity index (χ2n) is 7.58. The third-order valence-corrected chi connectivity index (χ3v) is 5.75. The van der Waals surface area contributed by atoms with Crippen molar-refractivity contribution in [1.82, 2.24) is 0 Å². The van der Waals surface area contributed by atoms with E-state index in [0.717, 1.165) is 18.2 Å². The molecule has 1 unspecified atom stereocenters. The van der Waals surface area contributed by atoms with E-state index in [0.29, 0.717) is 0 Å². The molecule has 0 aliphatic carbocycles. The van der Waals surface area contributed by atoms with Crippen molar-refractivity contribution in [3.05, 3.63) is 33.4 Å². The van der Waals surface area contributed by atoms with Crippen LogP contribution in [0.3, 0.4) is 0 Å². The lowest BCUT2D eigenvalue weighted by Gasteiger charge is -2.43. The van der Waals surface area contributed by atoms with E-state index in [-0.39, 0.29) is 10.5 Å². The zero-order chi connectivity index (χ0) is 29.2. The highest BCUT2D eigenvalue weighted by Crippen LogP contribution is 2.64. The van der Waals surface area contributed by atoms with Crippen LogP contribution in [0.4, 0.5) is 74.6 Å². The zero-order valence-corrected chi connectivity index (χ0v) is 18.9. The maximum atomic E-state index is 14.2. The second-order valence-corrected chi connectivity index (χ2v) is 8.74. The van der Waals surface area contributed by atoms with Crippen LogP contribution in [0.15, 0.2) is 24.3 Å². The lowest BCUT2D eigenvalue weighted by molar-refractivity contribution is -0.462. The van der Waals surface area contributed by atoms with Gasteiger partial charge < -0.3 is 5.11 Å². The van der Waals surface area contributed by atoms with Crippen molar-refractivity contribution in [2.45, 2.75) is 66.6 Å². The summed E-state index contributed by atoms with van der Waals surface area (Å²) in [5.74, 6) is -57.0. The first-order valence-electron chi connectivity index (χ1n) is 8.66. The Balaban J connectivity index is 3.64. The molecule has 1 aromatic carbocycles. The Labute approximate surface area is 202 Å². The highest BCUT2D eigenvalue weighted by atomic mass is 127. The summed E-state index contributed by atoms with van der Waals surface area (Å²) in [4.78, 5) is 0. The molecule has 1 aromatic rings. The molecule has 0 radical (unpaired) electrons. The lowest BCUT2D eigenvalue weighted by atomic mass is 9.83. The Bertz CT molecular complexity index is 951. The van der Waals surface area contributed by atoms with Crippen molar-refractivity contribution < 1.29 is 79.7 Å². The minimum atomic E-state index is -8.68. The van der Waals surface area contributed by atoms with Gasteiger partial charge in [-0.2, -0.15) is 74.6 Å². The first kappa shape index (κ1) is 32.7. The molecule has 0 amide bonds. The van der Waals surface area contributed by atoms with E-state index in [9.17, 15) is 79.7 Å². The van der Waals surface area contributed by atoms with Crippen LogP contribution >= 0.6 is 22.6 Å². The summed E-state index contributed by atoms with van der Waals surface area (Å²) in [6.07, 6.45) is -10.8. The average Bonchev–Trinajstić information content (AvgIpc) is 2.65. The van der Waals surface area contributed by atoms with E-state index in [1.54, 1.807) is 0 Å². The van der Waals surface area contributed by atoms with E-state index < -0.39 is 65.2 Å². The van der Waals surface area contributed by atoms with E-state index in [1.165, 1.54) is 28.7 Å². The van der Waals surface area contributed by atoms with Crippen LogP contribution < -0.4 is 0 Å². The first-order chi connectivity index (χ1) is 15.5. The SMILES string of the molecule is CC(O)(CC(F)(F)C(F)(F)C(F)(F)C(F)(F)C(F)(F)C(F)(F)C(F)(F)C(F)(F)F)c1ccccc1I. The van der Waals surface area contributed by atoms with Crippen LogP contribution in [0.1, 0.15) is 18.9 Å². The summed E-state index contributed by atoms with van der Waals surface area (Å²) in [6, 6.07) is 4.00. The summed E-state index contributed by atoms with van der Waals surface area (Å²) >= 11 is 1.31. The highest BCUT2D eigenvalue weighted by Gasteiger charge is 2.95. The number of rotatable bonds is 9. The van der Waals surface area contributed by atoms with Crippen LogP contribution in [0.5, 0.6) is 0 Å². The predicted molar refractivity (Wildman–Crippen MR) is 94.0 cm³/mol. The minimum absolute atomic E-state index is 0.197.